The van der Waals surface area contributed by atoms with E-state index in [2.05, 4.69) is 10.3 Å². The molecule has 1 aromatic heterocycles. The molecule has 1 N–H and O–H groups in total. The number of aromatic carboxylic acids is 1. The monoisotopic (exact) mass is 409 g/mol. The lowest BCUT2D eigenvalue weighted by Crippen LogP contribution is -2.32. The highest BCUT2D eigenvalue weighted by Gasteiger charge is 2.39. The highest BCUT2D eigenvalue weighted by molar-refractivity contribution is 5.84. The number of aromatic nitrogens is 3. The number of ether oxygens (including phenoxy) is 3. The smallest absolute Gasteiger partial charge is 0.358 e. The van der Waals surface area contributed by atoms with Gasteiger partial charge in [0, 0.05) is 6.42 Å². The Morgan fingerprint density at radius 2 is 1.73 bits per heavy atom. The Hall–Kier alpha value is -3.39. The first-order chi connectivity index (χ1) is 14.5. The molecule has 0 unspecified atom stereocenters. The average Bonchev–Trinajstić information content (AvgIpc) is 3.37. The summed E-state index contributed by atoms with van der Waals surface area (Å²) in [6, 6.07) is 15.6. The molecule has 1 aliphatic heterocycles. The molecule has 0 bridgehead atoms. The Labute approximate surface area is 174 Å². The highest BCUT2D eigenvalue weighted by atomic mass is 16.6. The number of carbonyl (C=O) groups is 1. The SMILES string of the molecule is Cc1ccc(OC[C@H]2O[C@@H](n3cc(C(=O)O)nn3)C[C@@H]2Oc2ccc(C)cc2)cc1. The van der Waals surface area contributed by atoms with E-state index in [-0.39, 0.29) is 24.5 Å². The van der Waals surface area contributed by atoms with E-state index in [9.17, 15) is 4.79 Å². The molecule has 0 amide bonds. The van der Waals surface area contributed by atoms with E-state index >= 15 is 0 Å². The maximum Gasteiger partial charge on any atom is 0.358 e. The molecule has 0 aliphatic carbocycles. The molecule has 2 heterocycles. The minimum Gasteiger partial charge on any atom is -0.491 e. The van der Waals surface area contributed by atoms with Crippen LogP contribution in [0.15, 0.2) is 54.7 Å². The summed E-state index contributed by atoms with van der Waals surface area (Å²) in [5.41, 5.74) is 2.17. The number of aryl methyl sites for hydroxylation is 2. The Morgan fingerprint density at radius 1 is 1.10 bits per heavy atom. The molecular formula is C22H23N3O5. The van der Waals surface area contributed by atoms with E-state index < -0.39 is 12.2 Å². The van der Waals surface area contributed by atoms with Crippen LogP contribution >= 0.6 is 0 Å². The van der Waals surface area contributed by atoms with Gasteiger partial charge in [-0.15, -0.1) is 5.10 Å². The van der Waals surface area contributed by atoms with Crippen molar-refractivity contribution in [1.82, 2.24) is 15.0 Å². The van der Waals surface area contributed by atoms with Gasteiger partial charge in [0.2, 0.25) is 0 Å². The highest BCUT2D eigenvalue weighted by Crippen LogP contribution is 2.32. The normalized spacial score (nSPS) is 20.8. The summed E-state index contributed by atoms with van der Waals surface area (Å²) in [5.74, 6) is 0.349. The summed E-state index contributed by atoms with van der Waals surface area (Å²) >= 11 is 0. The van der Waals surface area contributed by atoms with Crippen molar-refractivity contribution in [2.24, 2.45) is 0 Å². The molecule has 3 atom stereocenters. The average molecular weight is 409 g/mol. The van der Waals surface area contributed by atoms with Crippen molar-refractivity contribution in [2.75, 3.05) is 6.61 Å². The largest absolute Gasteiger partial charge is 0.491 e. The fourth-order valence-corrected chi connectivity index (χ4v) is 3.26. The van der Waals surface area contributed by atoms with Crippen LogP contribution in [0.3, 0.4) is 0 Å². The van der Waals surface area contributed by atoms with Crippen LogP contribution in [0.1, 0.15) is 34.3 Å². The second kappa shape index (κ2) is 8.54. The van der Waals surface area contributed by atoms with Gasteiger partial charge in [-0.1, -0.05) is 40.6 Å². The van der Waals surface area contributed by atoms with E-state index in [1.54, 1.807) is 0 Å². The summed E-state index contributed by atoms with van der Waals surface area (Å²) in [6.45, 7) is 4.32. The van der Waals surface area contributed by atoms with Crippen molar-refractivity contribution in [3.05, 3.63) is 71.5 Å². The number of carboxylic acid groups (broad SMARTS) is 1. The number of nitrogens with zero attached hydrogens (tertiary/aromatic N) is 3. The van der Waals surface area contributed by atoms with E-state index in [0.29, 0.717) is 6.42 Å². The van der Waals surface area contributed by atoms with Crippen molar-refractivity contribution < 1.29 is 24.1 Å². The van der Waals surface area contributed by atoms with Crippen LogP contribution in [-0.4, -0.2) is 44.9 Å². The number of hydrogen-bond donors (Lipinski definition) is 1. The van der Waals surface area contributed by atoms with E-state index in [0.717, 1.165) is 22.6 Å². The molecule has 1 saturated heterocycles. The third kappa shape index (κ3) is 4.60. The van der Waals surface area contributed by atoms with Crippen molar-refractivity contribution in [3.8, 4) is 11.5 Å². The fourth-order valence-electron chi connectivity index (χ4n) is 3.26. The summed E-state index contributed by atoms with van der Waals surface area (Å²) < 4.78 is 19.6. The molecule has 0 saturated carbocycles. The Bertz CT molecular complexity index is 1000. The van der Waals surface area contributed by atoms with Crippen molar-refractivity contribution >= 4 is 5.97 Å². The minimum absolute atomic E-state index is 0.131. The summed E-state index contributed by atoms with van der Waals surface area (Å²) in [4.78, 5) is 11.1. The number of rotatable bonds is 7. The molecular weight excluding hydrogens is 386 g/mol. The van der Waals surface area contributed by atoms with Crippen LogP contribution in [0, 0.1) is 13.8 Å². The van der Waals surface area contributed by atoms with Crippen LogP contribution in [0.4, 0.5) is 0 Å². The van der Waals surface area contributed by atoms with Gasteiger partial charge in [0.05, 0.1) is 6.20 Å². The topological polar surface area (TPSA) is 95.7 Å². The third-order valence-electron chi connectivity index (χ3n) is 4.95. The number of hydrogen-bond acceptors (Lipinski definition) is 6. The van der Waals surface area contributed by atoms with Crippen LogP contribution in [0.2, 0.25) is 0 Å². The zero-order valence-electron chi connectivity index (χ0n) is 16.8. The zero-order chi connectivity index (χ0) is 21.1. The first-order valence-electron chi connectivity index (χ1n) is 9.71. The Kier molecular flexibility index (Phi) is 5.67. The fraction of sp³-hybridized carbons (Fsp3) is 0.318. The van der Waals surface area contributed by atoms with E-state index in [1.807, 2.05) is 62.4 Å². The first kappa shape index (κ1) is 19.9. The van der Waals surface area contributed by atoms with Gasteiger partial charge in [0.1, 0.15) is 30.3 Å². The predicted molar refractivity (Wildman–Crippen MR) is 108 cm³/mol. The standard InChI is InChI=1S/C22H23N3O5/c1-14-3-7-16(8-4-14)28-13-20-19(29-17-9-5-15(2)6-10-17)11-21(30-20)25-12-18(22(26)27)23-24-25/h3-10,12,19-21H,11,13H2,1-2H3,(H,26,27)/t19-,20+,21+/m0/s1. The van der Waals surface area contributed by atoms with Gasteiger partial charge < -0.3 is 19.3 Å². The second-order valence-corrected chi connectivity index (χ2v) is 7.35. The van der Waals surface area contributed by atoms with Crippen molar-refractivity contribution in [2.45, 2.75) is 38.7 Å². The van der Waals surface area contributed by atoms with Gasteiger partial charge in [-0.05, 0) is 38.1 Å². The van der Waals surface area contributed by atoms with Gasteiger partial charge in [-0.3, -0.25) is 0 Å². The minimum atomic E-state index is -1.13. The maximum absolute atomic E-state index is 11.1. The lowest BCUT2D eigenvalue weighted by molar-refractivity contribution is -0.0406. The van der Waals surface area contributed by atoms with Crippen molar-refractivity contribution in [1.29, 1.82) is 0 Å². The predicted octanol–water partition coefficient (Wildman–Crippen LogP) is 3.41. The third-order valence-corrected chi connectivity index (χ3v) is 4.95. The lowest BCUT2D eigenvalue weighted by atomic mass is 10.1. The molecule has 4 rings (SSSR count). The van der Waals surface area contributed by atoms with Gasteiger partial charge in [-0.25, -0.2) is 9.48 Å². The maximum atomic E-state index is 11.1. The van der Waals surface area contributed by atoms with Crippen LogP contribution < -0.4 is 9.47 Å². The number of carboxylic acids is 1. The molecule has 3 aromatic rings. The van der Waals surface area contributed by atoms with E-state index in [4.69, 9.17) is 19.3 Å². The number of benzene rings is 2. The van der Waals surface area contributed by atoms with Crippen LogP contribution in [0.25, 0.3) is 0 Å². The van der Waals surface area contributed by atoms with Gasteiger partial charge in [-0.2, -0.15) is 0 Å². The molecule has 2 aromatic carbocycles. The summed E-state index contributed by atoms with van der Waals surface area (Å²) in [7, 11) is 0. The molecule has 8 nitrogen and oxygen atoms in total. The van der Waals surface area contributed by atoms with Gasteiger partial charge in [0.25, 0.3) is 0 Å². The van der Waals surface area contributed by atoms with Crippen LogP contribution in [-0.2, 0) is 4.74 Å². The summed E-state index contributed by atoms with van der Waals surface area (Å²) in [6.07, 6.45) is 0.695. The molecule has 1 fully saturated rings. The van der Waals surface area contributed by atoms with Gasteiger partial charge >= 0.3 is 5.97 Å². The molecule has 0 radical (unpaired) electrons. The quantitative estimate of drug-likeness (QED) is 0.639. The van der Waals surface area contributed by atoms with Gasteiger partial charge in [0.15, 0.2) is 11.9 Å². The van der Waals surface area contributed by atoms with Crippen LogP contribution in [0.5, 0.6) is 11.5 Å². The van der Waals surface area contributed by atoms with E-state index in [1.165, 1.54) is 10.9 Å². The Balaban J connectivity index is 1.49. The lowest BCUT2D eigenvalue weighted by Gasteiger charge is -2.20. The molecule has 30 heavy (non-hydrogen) atoms. The molecule has 8 heteroatoms. The zero-order valence-corrected chi connectivity index (χ0v) is 16.8. The first-order valence-corrected chi connectivity index (χ1v) is 9.71. The summed E-state index contributed by atoms with van der Waals surface area (Å²) in [5, 5.41) is 16.7. The Morgan fingerprint density at radius 3 is 2.33 bits per heavy atom. The molecule has 1 aliphatic rings. The van der Waals surface area contributed by atoms with Crippen molar-refractivity contribution in [3.63, 3.8) is 0 Å². The molecule has 156 valence electrons. The molecule has 0 spiro atoms. The second-order valence-electron chi connectivity index (χ2n) is 7.35.